The zero-order chi connectivity index (χ0) is 7.54. The third kappa shape index (κ3) is 29.6. The lowest BCUT2D eigenvalue weighted by molar-refractivity contribution is 0.162. The zero-order valence-electron chi connectivity index (χ0n) is 6.19. The van der Waals surface area contributed by atoms with E-state index in [1.165, 1.54) is 0 Å². The first-order chi connectivity index (χ1) is 4.33. The normalized spacial score (nSPS) is 7.44. The average molecular weight is 242 g/mol. The van der Waals surface area contributed by atoms with Crippen molar-refractivity contribution in [2.75, 3.05) is 17.6 Å². The Morgan fingerprint density at radius 1 is 1.44 bits per heavy atom. The molecule has 2 heteroatoms. The minimum Gasteiger partial charge on any atom is -0.382 e. The summed E-state index contributed by atoms with van der Waals surface area (Å²) in [6.07, 6.45) is 1.86. The number of rotatable bonds is 3. The van der Waals surface area contributed by atoms with Gasteiger partial charge in [0.05, 0.1) is 0 Å². The SMILES string of the molecule is C=CCI.CCOCC. The van der Waals surface area contributed by atoms with Crippen LogP contribution in [0.4, 0.5) is 0 Å². The van der Waals surface area contributed by atoms with Crippen molar-refractivity contribution in [1.82, 2.24) is 0 Å². The summed E-state index contributed by atoms with van der Waals surface area (Å²) in [5.41, 5.74) is 0. The molecule has 0 amide bonds. The molecule has 0 rings (SSSR count). The molecule has 0 fully saturated rings. The van der Waals surface area contributed by atoms with Gasteiger partial charge in [-0.3, -0.25) is 0 Å². The number of hydrogen-bond acceptors (Lipinski definition) is 1. The van der Waals surface area contributed by atoms with Crippen LogP contribution in [0.5, 0.6) is 0 Å². The van der Waals surface area contributed by atoms with Crippen molar-refractivity contribution in [2.24, 2.45) is 0 Å². The third-order valence-corrected chi connectivity index (χ3v) is 1.14. The van der Waals surface area contributed by atoms with E-state index in [9.17, 15) is 0 Å². The summed E-state index contributed by atoms with van der Waals surface area (Å²) >= 11 is 2.23. The van der Waals surface area contributed by atoms with Gasteiger partial charge in [-0.2, -0.15) is 0 Å². The van der Waals surface area contributed by atoms with E-state index in [1.807, 2.05) is 19.9 Å². The molecule has 0 spiro atoms. The highest BCUT2D eigenvalue weighted by atomic mass is 127. The van der Waals surface area contributed by atoms with Crippen LogP contribution >= 0.6 is 22.6 Å². The molecule has 0 aliphatic heterocycles. The Hall–Kier alpha value is 0.430. The second-order valence-corrected chi connectivity index (χ2v) is 2.11. The highest BCUT2D eigenvalue weighted by molar-refractivity contribution is 14.1. The molecule has 0 saturated carbocycles. The first-order valence-electron chi connectivity index (χ1n) is 3.08. The fourth-order valence-electron chi connectivity index (χ4n) is 0.204. The van der Waals surface area contributed by atoms with Gasteiger partial charge in [-0.25, -0.2) is 0 Å². The van der Waals surface area contributed by atoms with Crippen molar-refractivity contribution in [3.8, 4) is 0 Å². The summed E-state index contributed by atoms with van der Waals surface area (Å²) < 4.78 is 5.89. The molecule has 0 N–H and O–H groups in total. The van der Waals surface area contributed by atoms with Crippen molar-refractivity contribution < 1.29 is 4.74 Å². The Morgan fingerprint density at radius 3 is 1.78 bits per heavy atom. The minimum atomic E-state index is 0.844. The van der Waals surface area contributed by atoms with Gasteiger partial charge in [0.1, 0.15) is 0 Å². The van der Waals surface area contributed by atoms with Gasteiger partial charge >= 0.3 is 0 Å². The van der Waals surface area contributed by atoms with Crippen molar-refractivity contribution >= 4 is 22.6 Å². The van der Waals surface area contributed by atoms with Gasteiger partial charge < -0.3 is 4.74 Å². The predicted molar refractivity (Wildman–Crippen MR) is 51.3 cm³/mol. The van der Waals surface area contributed by atoms with Gasteiger partial charge in [0, 0.05) is 17.6 Å². The van der Waals surface area contributed by atoms with Gasteiger partial charge in [0.15, 0.2) is 0 Å². The number of allylic oxidation sites excluding steroid dienone is 1. The predicted octanol–water partition coefficient (Wildman–Crippen LogP) is 2.65. The van der Waals surface area contributed by atoms with E-state index >= 15 is 0 Å². The van der Waals surface area contributed by atoms with Crippen LogP contribution in [0.1, 0.15) is 13.8 Å². The summed E-state index contributed by atoms with van der Waals surface area (Å²) in [6, 6.07) is 0. The molecule has 0 aromatic rings. The maximum absolute atomic E-state index is 4.83. The largest absolute Gasteiger partial charge is 0.382 e. The molecule has 0 aliphatic carbocycles. The van der Waals surface area contributed by atoms with E-state index in [0.717, 1.165) is 17.6 Å². The molecule has 0 atom stereocenters. The Balaban J connectivity index is 0. The van der Waals surface area contributed by atoms with E-state index in [-0.39, 0.29) is 0 Å². The standard InChI is InChI=1S/C4H10O.C3H5I/c1-3-5-4-2;1-2-3-4/h3-4H2,1-2H3;2H,1,3H2. The molecule has 56 valence electrons. The van der Waals surface area contributed by atoms with Crippen molar-refractivity contribution in [2.45, 2.75) is 13.8 Å². The van der Waals surface area contributed by atoms with E-state index in [0.29, 0.717) is 0 Å². The Labute approximate surface area is 71.6 Å². The molecule has 0 unspecified atom stereocenters. The maximum Gasteiger partial charge on any atom is 0.0437 e. The van der Waals surface area contributed by atoms with Gasteiger partial charge in [0.25, 0.3) is 0 Å². The Kier molecular flexibility index (Phi) is 21.3. The van der Waals surface area contributed by atoms with E-state index in [4.69, 9.17) is 4.74 Å². The lowest BCUT2D eigenvalue weighted by Crippen LogP contribution is -1.84. The van der Waals surface area contributed by atoms with Gasteiger partial charge in [-0.15, -0.1) is 6.58 Å². The number of hydrogen-bond donors (Lipinski definition) is 0. The summed E-state index contributed by atoms with van der Waals surface area (Å²) in [4.78, 5) is 0. The van der Waals surface area contributed by atoms with E-state index < -0.39 is 0 Å². The fourth-order valence-corrected chi connectivity index (χ4v) is 0.204. The number of alkyl halides is 1. The summed E-state index contributed by atoms with van der Waals surface area (Å²) in [6.45, 7) is 9.14. The molecular formula is C7H15IO. The first kappa shape index (κ1) is 12.1. The van der Waals surface area contributed by atoms with Crippen molar-refractivity contribution in [3.63, 3.8) is 0 Å². The monoisotopic (exact) mass is 242 g/mol. The van der Waals surface area contributed by atoms with E-state index in [2.05, 4.69) is 29.2 Å². The molecule has 9 heavy (non-hydrogen) atoms. The second-order valence-electron chi connectivity index (χ2n) is 1.22. The third-order valence-electron chi connectivity index (χ3n) is 0.517. The van der Waals surface area contributed by atoms with Crippen LogP contribution in [-0.2, 0) is 4.74 Å². The molecule has 0 radical (unpaired) electrons. The lowest BCUT2D eigenvalue weighted by atomic mass is 10.8. The zero-order valence-corrected chi connectivity index (χ0v) is 8.35. The fraction of sp³-hybridized carbons (Fsp3) is 0.714. The first-order valence-corrected chi connectivity index (χ1v) is 4.60. The smallest absolute Gasteiger partial charge is 0.0437 e. The molecular weight excluding hydrogens is 227 g/mol. The molecule has 0 aromatic carbocycles. The molecule has 0 aliphatic rings. The average Bonchev–Trinajstić information content (AvgIpc) is 1.91. The summed E-state index contributed by atoms with van der Waals surface area (Å²) in [5.74, 6) is 0. The van der Waals surface area contributed by atoms with Gasteiger partial charge in [-0.05, 0) is 13.8 Å². The highest BCUT2D eigenvalue weighted by Gasteiger charge is 1.64. The van der Waals surface area contributed by atoms with Crippen LogP contribution in [0.25, 0.3) is 0 Å². The number of halogens is 1. The molecule has 1 nitrogen and oxygen atoms in total. The van der Waals surface area contributed by atoms with Crippen LogP contribution in [0.2, 0.25) is 0 Å². The van der Waals surface area contributed by atoms with Crippen LogP contribution in [0, 0.1) is 0 Å². The van der Waals surface area contributed by atoms with Crippen LogP contribution in [0.15, 0.2) is 12.7 Å². The van der Waals surface area contributed by atoms with Crippen LogP contribution in [-0.4, -0.2) is 17.6 Å². The Morgan fingerprint density at radius 2 is 1.78 bits per heavy atom. The topological polar surface area (TPSA) is 9.23 Å². The quantitative estimate of drug-likeness (QED) is 0.420. The lowest BCUT2D eigenvalue weighted by Gasteiger charge is -1.86. The van der Waals surface area contributed by atoms with Crippen LogP contribution < -0.4 is 0 Å². The second kappa shape index (κ2) is 15.8. The molecule has 0 bridgehead atoms. The Bertz CT molecular complexity index is 44.2. The summed E-state index contributed by atoms with van der Waals surface area (Å²) in [5, 5.41) is 0. The highest BCUT2D eigenvalue weighted by Crippen LogP contribution is 1.75. The van der Waals surface area contributed by atoms with E-state index in [1.54, 1.807) is 0 Å². The van der Waals surface area contributed by atoms with Gasteiger partial charge in [0.2, 0.25) is 0 Å². The van der Waals surface area contributed by atoms with Gasteiger partial charge in [-0.1, -0.05) is 28.7 Å². The summed E-state index contributed by atoms with van der Waals surface area (Å²) in [7, 11) is 0. The van der Waals surface area contributed by atoms with Crippen molar-refractivity contribution in [1.29, 1.82) is 0 Å². The molecule has 0 saturated heterocycles. The van der Waals surface area contributed by atoms with Crippen LogP contribution in [0.3, 0.4) is 0 Å². The maximum atomic E-state index is 4.83. The molecule has 0 aromatic heterocycles. The van der Waals surface area contributed by atoms with Crippen molar-refractivity contribution in [3.05, 3.63) is 12.7 Å². The minimum absolute atomic E-state index is 0.844. The molecule has 0 heterocycles. The number of ether oxygens (including phenoxy) is 1.